The van der Waals surface area contributed by atoms with Gasteiger partial charge in [0.15, 0.2) is 0 Å². The van der Waals surface area contributed by atoms with Crippen molar-refractivity contribution in [1.29, 1.82) is 0 Å². The van der Waals surface area contributed by atoms with E-state index in [9.17, 15) is 0 Å². The molecule has 17 heavy (non-hydrogen) atoms. The third-order valence-corrected chi connectivity index (χ3v) is 3.01. The van der Waals surface area contributed by atoms with Crippen molar-refractivity contribution in [3.05, 3.63) is 16.9 Å². The molecule has 1 atom stereocenters. The summed E-state index contributed by atoms with van der Waals surface area (Å²) in [5, 5.41) is 8.50. The molecule has 0 spiro atoms. The van der Waals surface area contributed by atoms with E-state index in [4.69, 9.17) is 16.3 Å². The van der Waals surface area contributed by atoms with Crippen LogP contribution in [0.1, 0.15) is 38.4 Å². The highest BCUT2D eigenvalue weighted by molar-refractivity contribution is 6.31. The fraction of sp³-hybridized carbons (Fsp3) is 0.750. The third-order valence-electron chi connectivity index (χ3n) is 2.71. The monoisotopic (exact) mass is 259 g/mol. The van der Waals surface area contributed by atoms with Gasteiger partial charge in [-0.2, -0.15) is 5.10 Å². The minimum Gasteiger partial charge on any atom is -0.385 e. The van der Waals surface area contributed by atoms with E-state index in [1.807, 2.05) is 4.68 Å². The maximum absolute atomic E-state index is 6.21. The molecule has 1 unspecified atom stereocenters. The summed E-state index contributed by atoms with van der Waals surface area (Å²) in [5.41, 5.74) is 1.07. The second kappa shape index (κ2) is 7.69. The Balaban J connectivity index is 2.81. The van der Waals surface area contributed by atoms with Crippen LogP contribution >= 0.6 is 11.6 Å². The second-order valence-electron chi connectivity index (χ2n) is 3.98. The highest BCUT2D eigenvalue weighted by atomic mass is 35.5. The Morgan fingerprint density at radius 1 is 1.53 bits per heavy atom. The van der Waals surface area contributed by atoms with Gasteiger partial charge in [0.25, 0.3) is 0 Å². The highest BCUT2D eigenvalue weighted by Crippen LogP contribution is 2.25. The van der Waals surface area contributed by atoms with E-state index in [1.54, 1.807) is 13.3 Å². The van der Waals surface area contributed by atoms with Crippen molar-refractivity contribution in [2.75, 3.05) is 20.3 Å². The van der Waals surface area contributed by atoms with Crippen LogP contribution in [-0.4, -0.2) is 30.0 Å². The van der Waals surface area contributed by atoms with E-state index in [0.717, 1.165) is 36.6 Å². The number of halogens is 1. The maximum atomic E-state index is 6.21. The lowest BCUT2D eigenvalue weighted by molar-refractivity contribution is 0.181. The minimum absolute atomic E-state index is 0.213. The molecule has 0 aliphatic heterocycles. The van der Waals surface area contributed by atoms with Gasteiger partial charge in [0.1, 0.15) is 0 Å². The summed E-state index contributed by atoms with van der Waals surface area (Å²) < 4.78 is 7.10. The molecule has 1 aromatic rings. The molecule has 0 radical (unpaired) electrons. The third kappa shape index (κ3) is 3.98. The largest absolute Gasteiger partial charge is 0.385 e. The van der Waals surface area contributed by atoms with Crippen molar-refractivity contribution in [3.8, 4) is 0 Å². The first-order valence-corrected chi connectivity index (χ1v) is 6.55. The predicted octanol–water partition coefficient (Wildman–Crippen LogP) is 2.63. The van der Waals surface area contributed by atoms with E-state index >= 15 is 0 Å². The quantitative estimate of drug-likeness (QED) is 0.780. The summed E-state index contributed by atoms with van der Waals surface area (Å²) >= 11 is 6.21. The molecule has 1 aromatic heterocycles. The van der Waals surface area contributed by atoms with Gasteiger partial charge in [0.2, 0.25) is 0 Å². The summed E-state index contributed by atoms with van der Waals surface area (Å²) in [6.45, 7) is 6.74. The van der Waals surface area contributed by atoms with Gasteiger partial charge in [-0.05, 0) is 26.3 Å². The molecule has 0 saturated carbocycles. The normalized spacial score (nSPS) is 12.9. The molecular formula is C12H22ClN3O. The fourth-order valence-electron chi connectivity index (χ4n) is 1.86. The number of rotatable bonds is 8. The number of aryl methyl sites for hydroxylation is 1. The van der Waals surface area contributed by atoms with Gasteiger partial charge in [-0.25, -0.2) is 0 Å². The van der Waals surface area contributed by atoms with Gasteiger partial charge in [0.05, 0.1) is 23.0 Å². The van der Waals surface area contributed by atoms with Crippen LogP contribution in [0.15, 0.2) is 6.20 Å². The van der Waals surface area contributed by atoms with E-state index in [2.05, 4.69) is 24.3 Å². The molecule has 5 heteroatoms. The smallest absolute Gasteiger partial charge is 0.0834 e. The Hall–Kier alpha value is -0.580. The second-order valence-corrected chi connectivity index (χ2v) is 4.39. The predicted molar refractivity (Wildman–Crippen MR) is 70.4 cm³/mol. The van der Waals surface area contributed by atoms with Crippen LogP contribution in [0.4, 0.5) is 0 Å². The van der Waals surface area contributed by atoms with Crippen molar-refractivity contribution in [3.63, 3.8) is 0 Å². The van der Waals surface area contributed by atoms with Crippen LogP contribution in [0.5, 0.6) is 0 Å². The SMILES string of the molecule is CCCNC(CCOC)c1c(Cl)cnn1CC. The highest BCUT2D eigenvalue weighted by Gasteiger charge is 2.18. The summed E-state index contributed by atoms with van der Waals surface area (Å²) in [5.74, 6) is 0. The van der Waals surface area contributed by atoms with Gasteiger partial charge < -0.3 is 10.1 Å². The lowest BCUT2D eigenvalue weighted by Crippen LogP contribution is -2.26. The average molecular weight is 260 g/mol. The molecule has 0 saturated heterocycles. The Morgan fingerprint density at radius 3 is 2.88 bits per heavy atom. The van der Waals surface area contributed by atoms with E-state index in [1.165, 1.54) is 0 Å². The van der Waals surface area contributed by atoms with Gasteiger partial charge in [-0.3, -0.25) is 4.68 Å². The molecule has 1 rings (SSSR count). The van der Waals surface area contributed by atoms with Gasteiger partial charge in [-0.15, -0.1) is 0 Å². The first-order valence-electron chi connectivity index (χ1n) is 6.18. The lowest BCUT2D eigenvalue weighted by Gasteiger charge is -2.19. The maximum Gasteiger partial charge on any atom is 0.0834 e. The van der Waals surface area contributed by atoms with Crippen molar-refractivity contribution >= 4 is 11.6 Å². The number of hydrogen-bond donors (Lipinski definition) is 1. The first kappa shape index (κ1) is 14.5. The Labute approximate surface area is 108 Å². The molecule has 1 N–H and O–H groups in total. The molecule has 0 amide bonds. The molecule has 0 aliphatic rings. The lowest BCUT2D eigenvalue weighted by atomic mass is 10.1. The summed E-state index contributed by atoms with van der Waals surface area (Å²) in [6.07, 6.45) is 3.72. The number of nitrogens with zero attached hydrogens (tertiary/aromatic N) is 2. The molecule has 0 aromatic carbocycles. The number of nitrogens with one attached hydrogen (secondary N) is 1. The molecule has 98 valence electrons. The molecule has 0 bridgehead atoms. The van der Waals surface area contributed by atoms with Crippen LogP contribution < -0.4 is 5.32 Å². The number of ether oxygens (including phenoxy) is 1. The van der Waals surface area contributed by atoms with Crippen molar-refractivity contribution in [2.24, 2.45) is 0 Å². The average Bonchev–Trinajstić information content (AvgIpc) is 2.71. The first-order chi connectivity index (χ1) is 8.24. The Bertz CT molecular complexity index is 320. The molecule has 0 fully saturated rings. The summed E-state index contributed by atoms with van der Waals surface area (Å²) in [7, 11) is 1.72. The van der Waals surface area contributed by atoms with Gasteiger partial charge >= 0.3 is 0 Å². The number of aromatic nitrogens is 2. The molecular weight excluding hydrogens is 238 g/mol. The zero-order valence-electron chi connectivity index (χ0n) is 10.9. The number of methoxy groups -OCH3 is 1. The minimum atomic E-state index is 0.213. The van der Waals surface area contributed by atoms with E-state index in [-0.39, 0.29) is 6.04 Å². The van der Waals surface area contributed by atoms with Crippen LogP contribution in [0.25, 0.3) is 0 Å². The van der Waals surface area contributed by atoms with Crippen LogP contribution in [0.2, 0.25) is 5.02 Å². The van der Waals surface area contributed by atoms with Gasteiger partial charge in [-0.1, -0.05) is 18.5 Å². The Kier molecular flexibility index (Phi) is 6.55. The van der Waals surface area contributed by atoms with E-state index in [0.29, 0.717) is 6.61 Å². The van der Waals surface area contributed by atoms with Gasteiger partial charge in [0, 0.05) is 20.3 Å². The molecule has 0 aliphatic carbocycles. The van der Waals surface area contributed by atoms with Crippen LogP contribution in [0.3, 0.4) is 0 Å². The molecule has 4 nitrogen and oxygen atoms in total. The zero-order chi connectivity index (χ0) is 12.7. The van der Waals surface area contributed by atoms with Crippen LogP contribution in [0, 0.1) is 0 Å². The van der Waals surface area contributed by atoms with Crippen LogP contribution in [-0.2, 0) is 11.3 Å². The van der Waals surface area contributed by atoms with Crippen molar-refractivity contribution < 1.29 is 4.74 Å². The van der Waals surface area contributed by atoms with Crippen molar-refractivity contribution in [2.45, 2.75) is 39.3 Å². The number of hydrogen-bond acceptors (Lipinski definition) is 3. The summed E-state index contributed by atoms with van der Waals surface area (Å²) in [6, 6.07) is 0.213. The Morgan fingerprint density at radius 2 is 2.29 bits per heavy atom. The standard InChI is InChI=1S/C12H22ClN3O/c1-4-7-14-11(6-8-17-3)12-10(13)9-15-16(12)5-2/h9,11,14H,4-8H2,1-3H3. The fourth-order valence-corrected chi connectivity index (χ4v) is 2.13. The van der Waals surface area contributed by atoms with E-state index < -0.39 is 0 Å². The molecule has 1 heterocycles. The summed E-state index contributed by atoms with van der Waals surface area (Å²) in [4.78, 5) is 0. The topological polar surface area (TPSA) is 39.1 Å². The zero-order valence-corrected chi connectivity index (χ0v) is 11.6. The van der Waals surface area contributed by atoms with Crippen molar-refractivity contribution in [1.82, 2.24) is 15.1 Å².